The molecule has 1 atom stereocenters. The molecule has 1 unspecified atom stereocenters. The van der Waals surface area contributed by atoms with Gasteiger partial charge in [0.1, 0.15) is 0 Å². The maximum atomic E-state index is 11.7. The summed E-state index contributed by atoms with van der Waals surface area (Å²) in [5.41, 5.74) is 0.290. The van der Waals surface area contributed by atoms with Gasteiger partial charge in [0.25, 0.3) is 0 Å². The molecule has 1 heterocycles. The highest BCUT2D eigenvalue weighted by Gasteiger charge is 2.26. The van der Waals surface area contributed by atoms with Gasteiger partial charge in [-0.2, -0.15) is 0 Å². The monoisotopic (exact) mass is 213 g/mol. The Morgan fingerprint density at radius 3 is 2.27 bits per heavy atom. The number of hydrogen-bond acceptors (Lipinski definition) is 3. The zero-order valence-electron chi connectivity index (χ0n) is 8.86. The van der Waals surface area contributed by atoms with Crippen molar-refractivity contribution in [2.45, 2.75) is 26.4 Å². The standard InChI is InChI=1S/C10H15NO4/c1-6(7(2)10(14)15)9(13)11-4-3-8(12)5-11/h8,12H,3-5H2,1-2H3,(H,14,15). The molecule has 5 heteroatoms. The summed E-state index contributed by atoms with van der Waals surface area (Å²) in [5, 5.41) is 18.0. The first-order valence-corrected chi connectivity index (χ1v) is 4.81. The summed E-state index contributed by atoms with van der Waals surface area (Å²) in [7, 11) is 0. The van der Waals surface area contributed by atoms with Crippen LogP contribution in [0.4, 0.5) is 0 Å². The van der Waals surface area contributed by atoms with E-state index in [4.69, 9.17) is 5.11 Å². The lowest BCUT2D eigenvalue weighted by Crippen LogP contribution is -2.31. The predicted molar refractivity (Wildman–Crippen MR) is 53.2 cm³/mol. The Morgan fingerprint density at radius 2 is 1.87 bits per heavy atom. The molecule has 84 valence electrons. The number of β-amino-alcohol motifs (C(OH)–C–C–N with tert-alkyl or cyclic N) is 1. The first-order chi connectivity index (χ1) is 6.93. The number of carboxylic acids is 1. The molecule has 1 saturated heterocycles. The number of hydrogen-bond donors (Lipinski definition) is 2. The summed E-state index contributed by atoms with van der Waals surface area (Å²) in [5.74, 6) is -1.38. The van der Waals surface area contributed by atoms with Crippen LogP contribution in [0.25, 0.3) is 0 Å². The normalized spacial score (nSPS) is 22.6. The molecule has 15 heavy (non-hydrogen) atoms. The van der Waals surface area contributed by atoms with Gasteiger partial charge in [0, 0.05) is 24.2 Å². The Morgan fingerprint density at radius 1 is 1.27 bits per heavy atom. The summed E-state index contributed by atoms with van der Waals surface area (Å²) in [6.45, 7) is 3.69. The van der Waals surface area contributed by atoms with Gasteiger partial charge in [-0.1, -0.05) is 0 Å². The second-order valence-corrected chi connectivity index (χ2v) is 3.75. The minimum absolute atomic E-state index is 0.0568. The van der Waals surface area contributed by atoms with E-state index in [0.717, 1.165) is 0 Å². The van der Waals surface area contributed by atoms with Crippen LogP contribution in [-0.4, -0.2) is 46.2 Å². The highest BCUT2D eigenvalue weighted by Crippen LogP contribution is 2.14. The smallest absolute Gasteiger partial charge is 0.331 e. The van der Waals surface area contributed by atoms with Crippen LogP contribution < -0.4 is 0 Å². The molecule has 1 aliphatic rings. The second-order valence-electron chi connectivity index (χ2n) is 3.75. The molecule has 1 aliphatic heterocycles. The summed E-state index contributed by atoms with van der Waals surface area (Å²) >= 11 is 0. The fraction of sp³-hybridized carbons (Fsp3) is 0.600. The van der Waals surface area contributed by atoms with Crippen LogP contribution in [0, 0.1) is 0 Å². The van der Waals surface area contributed by atoms with Crippen molar-refractivity contribution in [2.24, 2.45) is 0 Å². The van der Waals surface area contributed by atoms with Crippen LogP contribution in [0.1, 0.15) is 20.3 Å². The van der Waals surface area contributed by atoms with Gasteiger partial charge in [-0.15, -0.1) is 0 Å². The molecule has 0 spiro atoms. The molecule has 0 radical (unpaired) electrons. The minimum Gasteiger partial charge on any atom is -0.478 e. The largest absolute Gasteiger partial charge is 0.478 e. The van der Waals surface area contributed by atoms with Crippen LogP contribution in [0.3, 0.4) is 0 Å². The second kappa shape index (κ2) is 4.44. The van der Waals surface area contributed by atoms with Gasteiger partial charge in [-0.3, -0.25) is 4.79 Å². The molecular weight excluding hydrogens is 198 g/mol. The van der Waals surface area contributed by atoms with Crippen molar-refractivity contribution >= 4 is 11.9 Å². The van der Waals surface area contributed by atoms with Gasteiger partial charge < -0.3 is 15.1 Å². The third kappa shape index (κ3) is 2.56. The number of aliphatic hydroxyl groups excluding tert-OH is 1. The molecule has 0 aromatic rings. The van der Waals surface area contributed by atoms with Crippen molar-refractivity contribution in [1.82, 2.24) is 4.90 Å². The summed E-state index contributed by atoms with van der Waals surface area (Å²) in [4.78, 5) is 23.9. The lowest BCUT2D eigenvalue weighted by Gasteiger charge is -2.16. The van der Waals surface area contributed by atoms with Gasteiger partial charge in [-0.25, -0.2) is 4.79 Å². The third-order valence-corrected chi connectivity index (χ3v) is 2.65. The van der Waals surface area contributed by atoms with Gasteiger partial charge in [-0.05, 0) is 20.3 Å². The number of nitrogens with zero attached hydrogens (tertiary/aromatic N) is 1. The van der Waals surface area contributed by atoms with Crippen molar-refractivity contribution in [3.8, 4) is 0 Å². The van der Waals surface area contributed by atoms with Crippen molar-refractivity contribution in [3.05, 3.63) is 11.1 Å². The fourth-order valence-electron chi connectivity index (χ4n) is 1.48. The quantitative estimate of drug-likeness (QED) is 0.633. The number of aliphatic carboxylic acids is 1. The topological polar surface area (TPSA) is 77.8 Å². The maximum absolute atomic E-state index is 11.7. The van der Waals surface area contributed by atoms with Crippen molar-refractivity contribution in [3.63, 3.8) is 0 Å². The number of carbonyl (C=O) groups is 2. The molecule has 1 fully saturated rings. The van der Waals surface area contributed by atoms with Crippen molar-refractivity contribution < 1.29 is 19.8 Å². The van der Waals surface area contributed by atoms with E-state index in [9.17, 15) is 14.7 Å². The zero-order chi connectivity index (χ0) is 11.6. The highest BCUT2D eigenvalue weighted by molar-refractivity contribution is 6.01. The Hall–Kier alpha value is -1.36. The lowest BCUT2D eigenvalue weighted by molar-refractivity contribution is -0.133. The molecule has 0 saturated carbocycles. The first kappa shape index (κ1) is 11.7. The van der Waals surface area contributed by atoms with Crippen molar-refractivity contribution in [2.75, 3.05) is 13.1 Å². The van der Waals surface area contributed by atoms with Crippen molar-refractivity contribution in [1.29, 1.82) is 0 Å². The number of likely N-dealkylation sites (tertiary alicyclic amines) is 1. The Bertz CT molecular complexity index is 321. The van der Waals surface area contributed by atoms with Gasteiger partial charge in [0.15, 0.2) is 0 Å². The Labute approximate surface area is 88.0 Å². The number of carboxylic acid groups (broad SMARTS) is 1. The maximum Gasteiger partial charge on any atom is 0.331 e. The number of rotatable bonds is 2. The number of amides is 1. The molecule has 0 bridgehead atoms. The lowest BCUT2D eigenvalue weighted by atomic mass is 10.1. The summed E-state index contributed by atoms with van der Waals surface area (Å²) < 4.78 is 0. The first-order valence-electron chi connectivity index (χ1n) is 4.81. The van der Waals surface area contributed by atoms with Crippen LogP contribution >= 0.6 is 0 Å². The molecule has 0 aromatic carbocycles. The zero-order valence-corrected chi connectivity index (χ0v) is 8.86. The molecule has 2 N–H and O–H groups in total. The van der Waals surface area contributed by atoms with Gasteiger partial charge in [0.05, 0.1) is 6.10 Å². The van der Waals surface area contributed by atoms with E-state index in [1.807, 2.05) is 0 Å². The van der Waals surface area contributed by atoms with E-state index in [2.05, 4.69) is 0 Å². The molecule has 1 amide bonds. The number of carbonyl (C=O) groups excluding carboxylic acids is 1. The fourth-order valence-corrected chi connectivity index (χ4v) is 1.48. The van der Waals surface area contributed by atoms with E-state index >= 15 is 0 Å². The molecule has 0 aromatic heterocycles. The van der Waals surface area contributed by atoms with E-state index in [1.165, 1.54) is 18.7 Å². The molecular formula is C10H15NO4. The number of aliphatic hydroxyl groups is 1. The SMILES string of the molecule is CC(C(=O)O)=C(C)C(=O)N1CCC(O)C1. The average molecular weight is 213 g/mol. The molecule has 1 rings (SSSR count). The van der Waals surface area contributed by atoms with Gasteiger partial charge >= 0.3 is 5.97 Å². The molecule has 5 nitrogen and oxygen atoms in total. The van der Waals surface area contributed by atoms with E-state index in [-0.39, 0.29) is 17.1 Å². The molecule has 0 aliphatic carbocycles. The predicted octanol–water partition coefficient (Wildman–Crippen LogP) is 0.000600. The van der Waals surface area contributed by atoms with E-state index < -0.39 is 12.1 Å². The van der Waals surface area contributed by atoms with Crippen LogP contribution in [-0.2, 0) is 9.59 Å². The van der Waals surface area contributed by atoms with E-state index in [0.29, 0.717) is 19.5 Å². The van der Waals surface area contributed by atoms with Crippen LogP contribution in [0.5, 0.6) is 0 Å². The third-order valence-electron chi connectivity index (χ3n) is 2.65. The van der Waals surface area contributed by atoms with E-state index in [1.54, 1.807) is 0 Å². The van der Waals surface area contributed by atoms with Crippen LogP contribution in [0.15, 0.2) is 11.1 Å². The summed E-state index contributed by atoms with van der Waals surface area (Å²) in [6.07, 6.45) is 0.0809. The van der Waals surface area contributed by atoms with Crippen LogP contribution in [0.2, 0.25) is 0 Å². The highest BCUT2D eigenvalue weighted by atomic mass is 16.4. The average Bonchev–Trinajstić information content (AvgIpc) is 2.61. The minimum atomic E-state index is -1.08. The Balaban J connectivity index is 2.77. The van der Waals surface area contributed by atoms with Gasteiger partial charge in [0.2, 0.25) is 5.91 Å². The Kier molecular flexibility index (Phi) is 3.47. The summed E-state index contributed by atoms with van der Waals surface area (Å²) in [6, 6.07) is 0.